The summed E-state index contributed by atoms with van der Waals surface area (Å²) in [6.45, 7) is 13.3. The number of hydrogen-bond acceptors (Lipinski definition) is 3. The van der Waals surface area contributed by atoms with E-state index in [4.69, 9.17) is 9.15 Å². The number of ether oxygens (including phenoxy) is 1. The van der Waals surface area contributed by atoms with Crippen molar-refractivity contribution in [3.63, 3.8) is 0 Å². The monoisotopic (exact) mass is 253 g/mol. The molecule has 0 aliphatic heterocycles. The van der Waals surface area contributed by atoms with Gasteiger partial charge in [-0.3, -0.25) is 0 Å². The maximum absolute atomic E-state index is 5.79. The van der Waals surface area contributed by atoms with E-state index >= 15 is 0 Å². The van der Waals surface area contributed by atoms with Crippen molar-refractivity contribution < 1.29 is 9.15 Å². The van der Waals surface area contributed by atoms with Crippen LogP contribution in [0.5, 0.6) is 0 Å². The molecular weight excluding hydrogens is 226 g/mol. The predicted molar refractivity (Wildman–Crippen MR) is 74.3 cm³/mol. The van der Waals surface area contributed by atoms with Gasteiger partial charge in [0.05, 0.1) is 12.4 Å². The standard InChI is InChI=1S/C15H27NO2/c1-11(2)8-16-9-14-6-7-17-15(14)10-18-13(5)12(3)4/h6-7,11-13,16H,8-10H2,1-5H3. The number of furan rings is 1. The maximum Gasteiger partial charge on any atom is 0.133 e. The Balaban J connectivity index is 2.40. The summed E-state index contributed by atoms with van der Waals surface area (Å²) in [6, 6.07) is 2.02. The van der Waals surface area contributed by atoms with Gasteiger partial charge >= 0.3 is 0 Å². The molecule has 1 aromatic rings. The fourth-order valence-electron chi connectivity index (χ4n) is 1.55. The molecule has 0 aliphatic carbocycles. The van der Waals surface area contributed by atoms with E-state index in [1.54, 1.807) is 6.26 Å². The van der Waals surface area contributed by atoms with E-state index in [0.29, 0.717) is 18.4 Å². The summed E-state index contributed by atoms with van der Waals surface area (Å²) in [5, 5.41) is 3.42. The topological polar surface area (TPSA) is 34.4 Å². The minimum Gasteiger partial charge on any atom is -0.467 e. The highest BCUT2D eigenvalue weighted by molar-refractivity contribution is 5.16. The summed E-state index contributed by atoms with van der Waals surface area (Å²) >= 11 is 0. The molecule has 0 spiro atoms. The molecule has 0 saturated carbocycles. The first-order valence-electron chi connectivity index (χ1n) is 6.88. The summed E-state index contributed by atoms with van der Waals surface area (Å²) in [6.07, 6.45) is 2.00. The van der Waals surface area contributed by atoms with E-state index < -0.39 is 0 Å². The van der Waals surface area contributed by atoms with Gasteiger partial charge in [-0.05, 0) is 31.4 Å². The number of nitrogens with one attached hydrogen (secondary N) is 1. The van der Waals surface area contributed by atoms with Crippen LogP contribution in [0.4, 0.5) is 0 Å². The quantitative estimate of drug-likeness (QED) is 0.769. The lowest BCUT2D eigenvalue weighted by Gasteiger charge is -2.16. The Labute approximate surface area is 111 Å². The first-order chi connectivity index (χ1) is 8.50. The molecule has 1 N–H and O–H groups in total. The molecular formula is C15H27NO2. The number of hydrogen-bond donors (Lipinski definition) is 1. The van der Waals surface area contributed by atoms with Crippen molar-refractivity contribution in [2.24, 2.45) is 11.8 Å². The van der Waals surface area contributed by atoms with Crippen LogP contribution in [0.15, 0.2) is 16.7 Å². The fourth-order valence-corrected chi connectivity index (χ4v) is 1.55. The van der Waals surface area contributed by atoms with Crippen LogP contribution in [0.25, 0.3) is 0 Å². The Bertz CT molecular complexity index is 331. The zero-order valence-corrected chi connectivity index (χ0v) is 12.3. The van der Waals surface area contributed by atoms with Gasteiger partial charge < -0.3 is 14.5 Å². The second-order valence-corrected chi connectivity index (χ2v) is 5.65. The summed E-state index contributed by atoms with van der Waals surface area (Å²) in [4.78, 5) is 0. The fraction of sp³-hybridized carbons (Fsp3) is 0.733. The van der Waals surface area contributed by atoms with E-state index in [2.05, 4.69) is 39.9 Å². The van der Waals surface area contributed by atoms with E-state index in [0.717, 1.165) is 18.8 Å². The second-order valence-electron chi connectivity index (χ2n) is 5.65. The highest BCUT2D eigenvalue weighted by Gasteiger charge is 2.11. The summed E-state index contributed by atoms with van der Waals surface area (Å²) in [5.74, 6) is 2.14. The van der Waals surface area contributed by atoms with Crippen LogP contribution >= 0.6 is 0 Å². The van der Waals surface area contributed by atoms with Gasteiger partial charge in [0.15, 0.2) is 0 Å². The Hall–Kier alpha value is -0.800. The summed E-state index contributed by atoms with van der Waals surface area (Å²) in [5.41, 5.74) is 1.20. The van der Waals surface area contributed by atoms with E-state index in [9.17, 15) is 0 Å². The summed E-state index contributed by atoms with van der Waals surface area (Å²) in [7, 11) is 0. The minimum absolute atomic E-state index is 0.256. The third-order valence-electron chi connectivity index (χ3n) is 3.12. The van der Waals surface area contributed by atoms with Crippen molar-refractivity contribution >= 4 is 0 Å². The van der Waals surface area contributed by atoms with E-state index in [-0.39, 0.29) is 6.10 Å². The van der Waals surface area contributed by atoms with Gasteiger partial charge in [0.2, 0.25) is 0 Å². The molecule has 0 bridgehead atoms. The molecule has 0 saturated heterocycles. The SMILES string of the molecule is CC(C)CNCc1ccoc1COC(C)C(C)C. The molecule has 0 fully saturated rings. The molecule has 104 valence electrons. The van der Waals surface area contributed by atoms with Crippen LogP contribution in [0.1, 0.15) is 45.9 Å². The van der Waals surface area contributed by atoms with Gasteiger partial charge in [0, 0.05) is 12.1 Å². The van der Waals surface area contributed by atoms with Gasteiger partial charge in [-0.1, -0.05) is 27.7 Å². The van der Waals surface area contributed by atoms with Crippen molar-refractivity contribution in [3.05, 3.63) is 23.7 Å². The highest BCUT2D eigenvalue weighted by atomic mass is 16.5. The molecule has 1 aromatic heterocycles. The average Bonchev–Trinajstić information content (AvgIpc) is 2.73. The normalized spacial score (nSPS) is 13.5. The Morgan fingerprint density at radius 2 is 1.94 bits per heavy atom. The third kappa shape index (κ3) is 5.23. The highest BCUT2D eigenvalue weighted by Crippen LogP contribution is 2.15. The zero-order chi connectivity index (χ0) is 13.5. The van der Waals surface area contributed by atoms with Gasteiger partial charge in [-0.15, -0.1) is 0 Å². The molecule has 3 heteroatoms. The lowest BCUT2D eigenvalue weighted by Crippen LogP contribution is -2.20. The minimum atomic E-state index is 0.256. The maximum atomic E-state index is 5.79. The Morgan fingerprint density at radius 1 is 1.22 bits per heavy atom. The Morgan fingerprint density at radius 3 is 2.56 bits per heavy atom. The van der Waals surface area contributed by atoms with Crippen LogP contribution in [-0.2, 0) is 17.9 Å². The Kier molecular flexibility index (Phi) is 6.44. The van der Waals surface area contributed by atoms with Crippen LogP contribution in [0, 0.1) is 11.8 Å². The third-order valence-corrected chi connectivity index (χ3v) is 3.12. The molecule has 18 heavy (non-hydrogen) atoms. The smallest absolute Gasteiger partial charge is 0.133 e. The first kappa shape index (κ1) is 15.3. The van der Waals surface area contributed by atoms with Crippen molar-refractivity contribution in [1.29, 1.82) is 0 Å². The molecule has 1 heterocycles. The lowest BCUT2D eigenvalue weighted by molar-refractivity contribution is 0.0144. The molecule has 1 rings (SSSR count). The van der Waals surface area contributed by atoms with Gasteiger partial charge in [0.1, 0.15) is 12.4 Å². The van der Waals surface area contributed by atoms with Crippen LogP contribution in [0.2, 0.25) is 0 Å². The predicted octanol–water partition coefficient (Wildman–Crippen LogP) is 3.59. The molecule has 0 aromatic carbocycles. The van der Waals surface area contributed by atoms with E-state index in [1.165, 1.54) is 5.56 Å². The second kappa shape index (κ2) is 7.59. The van der Waals surface area contributed by atoms with Gasteiger partial charge in [-0.25, -0.2) is 0 Å². The van der Waals surface area contributed by atoms with Crippen LogP contribution < -0.4 is 5.32 Å². The van der Waals surface area contributed by atoms with Crippen LogP contribution in [0.3, 0.4) is 0 Å². The van der Waals surface area contributed by atoms with Crippen molar-refractivity contribution in [2.75, 3.05) is 6.54 Å². The van der Waals surface area contributed by atoms with E-state index in [1.807, 2.05) is 6.07 Å². The molecule has 0 aliphatic rings. The van der Waals surface area contributed by atoms with Gasteiger partial charge in [-0.2, -0.15) is 0 Å². The largest absolute Gasteiger partial charge is 0.467 e. The molecule has 1 unspecified atom stereocenters. The number of rotatable bonds is 8. The van der Waals surface area contributed by atoms with Gasteiger partial charge in [0.25, 0.3) is 0 Å². The zero-order valence-electron chi connectivity index (χ0n) is 12.3. The molecule has 0 radical (unpaired) electrons. The summed E-state index contributed by atoms with van der Waals surface area (Å²) < 4.78 is 11.3. The average molecular weight is 253 g/mol. The van der Waals surface area contributed by atoms with Crippen molar-refractivity contribution in [2.45, 2.75) is 53.9 Å². The van der Waals surface area contributed by atoms with Crippen molar-refractivity contribution in [3.8, 4) is 0 Å². The molecule has 3 nitrogen and oxygen atoms in total. The molecule has 1 atom stereocenters. The molecule has 0 amide bonds. The lowest BCUT2D eigenvalue weighted by atomic mass is 10.1. The van der Waals surface area contributed by atoms with Crippen molar-refractivity contribution in [1.82, 2.24) is 5.32 Å². The van der Waals surface area contributed by atoms with Crippen LogP contribution in [-0.4, -0.2) is 12.6 Å². The first-order valence-corrected chi connectivity index (χ1v) is 6.88.